The molecule has 0 saturated carbocycles. The van der Waals surface area contributed by atoms with Crippen LogP contribution in [0.25, 0.3) is 17.4 Å². The van der Waals surface area contributed by atoms with Crippen molar-refractivity contribution in [2.45, 2.75) is 46.8 Å². The average Bonchev–Trinajstić information content (AvgIpc) is 3.56. The van der Waals surface area contributed by atoms with E-state index < -0.39 is 12.0 Å². The molecule has 0 aliphatic carbocycles. The van der Waals surface area contributed by atoms with Crippen LogP contribution in [0.4, 0.5) is 0 Å². The smallest absolute Gasteiger partial charge is 0.338 e. The Morgan fingerprint density at radius 2 is 1.81 bits per heavy atom. The van der Waals surface area contributed by atoms with E-state index in [-0.39, 0.29) is 24.2 Å². The number of methoxy groups -OCH3 is 1. The Kier molecular flexibility index (Phi) is 8.50. The summed E-state index contributed by atoms with van der Waals surface area (Å²) in [6, 6.07) is 15.4. The first-order valence-electron chi connectivity index (χ1n) is 13.9. The number of nitrogens with zero attached hydrogens (tertiary/aromatic N) is 2. The quantitative estimate of drug-likeness (QED) is 0.264. The topological polar surface area (TPSA) is 109 Å². The maximum atomic E-state index is 13.9. The molecular formula is C33H32N2O7S. The first kappa shape index (κ1) is 29.8. The summed E-state index contributed by atoms with van der Waals surface area (Å²) in [5.41, 5.74) is 3.34. The van der Waals surface area contributed by atoms with Gasteiger partial charge in [0.05, 0.1) is 47.2 Å². The monoisotopic (exact) mass is 600 g/mol. The molecule has 5 rings (SSSR count). The van der Waals surface area contributed by atoms with E-state index in [4.69, 9.17) is 18.6 Å². The Bertz CT molecular complexity index is 1910. The van der Waals surface area contributed by atoms with Gasteiger partial charge in [0.2, 0.25) is 0 Å². The molecule has 0 fully saturated rings. The Balaban J connectivity index is 1.54. The fourth-order valence-corrected chi connectivity index (χ4v) is 5.97. The number of ether oxygens (including phenoxy) is 3. The number of rotatable bonds is 8. The number of hydrogen-bond donors (Lipinski definition) is 0. The summed E-state index contributed by atoms with van der Waals surface area (Å²) < 4.78 is 24.0. The number of carbonyl (C=O) groups is 2. The molecular weight excluding hydrogens is 568 g/mol. The lowest BCUT2D eigenvalue weighted by molar-refractivity contribution is -0.139. The lowest BCUT2D eigenvalue weighted by Crippen LogP contribution is -2.39. The number of thiazole rings is 1. The van der Waals surface area contributed by atoms with Gasteiger partial charge in [0.1, 0.15) is 17.3 Å². The van der Waals surface area contributed by atoms with Crippen LogP contribution in [0.5, 0.6) is 5.75 Å². The van der Waals surface area contributed by atoms with Crippen molar-refractivity contribution in [1.82, 2.24) is 4.57 Å². The zero-order valence-corrected chi connectivity index (χ0v) is 25.6. The number of hydrogen-bond acceptors (Lipinski definition) is 9. The van der Waals surface area contributed by atoms with Gasteiger partial charge in [-0.25, -0.2) is 14.6 Å². The fourth-order valence-electron chi connectivity index (χ4n) is 4.95. The van der Waals surface area contributed by atoms with Gasteiger partial charge in [0.25, 0.3) is 5.56 Å². The van der Waals surface area contributed by atoms with Crippen LogP contribution in [-0.2, 0) is 14.3 Å². The number of allylic oxidation sites excluding steroid dienone is 1. The SMILES string of the molecule is CCOC(=O)C1=C(C)N=c2s/c(=C/c3ccc(-c4ccc(C(=O)OC(C)C)cc4C)o3)c(=O)n2[C@@H]1c1ccc(OC)cc1. The second-order valence-corrected chi connectivity index (χ2v) is 11.3. The molecule has 10 heteroatoms. The van der Waals surface area contributed by atoms with E-state index >= 15 is 0 Å². The number of aryl methyl sites for hydroxylation is 1. The summed E-state index contributed by atoms with van der Waals surface area (Å²) in [5, 5.41) is 0. The first-order chi connectivity index (χ1) is 20.6. The van der Waals surface area contributed by atoms with Gasteiger partial charge in [0, 0.05) is 11.6 Å². The largest absolute Gasteiger partial charge is 0.497 e. The third kappa shape index (κ3) is 5.96. The molecule has 222 valence electrons. The van der Waals surface area contributed by atoms with E-state index in [0.29, 0.717) is 43.4 Å². The molecule has 1 atom stereocenters. The molecule has 0 spiro atoms. The Hall–Kier alpha value is -4.70. The van der Waals surface area contributed by atoms with E-state index in [1.807, 2.05) is 31.2 Å². The van der Waals surface area contributed by atoms with Crippen LogP contribution in [0.1, 0.15) is 61.0 Å². The van der Waals surface area contributed by atoms with E-state index in [1.54, 1.807) is 71.2 Å². The van der Waals surface area contributed by atoms with Crippen molar-refractivity contribution in [2.75, 3.05) is 13.7 Å². The highest BCUT2D eigenvalue weighted by Gasteiger charge is 2.33. The van der Waals surface area contributed by atoms with E-state index in [1.165, 1.54) is 15.9 Å². The van der Waals surface area contributed by atoms with Crippen LogP contribution in [-0.4, -0.2) is 36.3 Å². The van der Waals surface area contributed by atoms with Crippen molar-refractivity contribution in [3.05, 3.63) is 108 Å². The van der Waals surface area contributed by atoms with E-state index in [2.05, 4.69) is 4.99 Å². The van der Waals surface area contributed by atoms with Crippen molar-refractivity contribution in [2.24, 2.45) is 4.99 Å². The molecule has 0 bridgehead atoms. The van der Waals surface area contributed by atoms with E-state index in [0.717, 1.165) is 16.7 Å². The van der Waals surface area contributed by atoms with Crippen LogP contribution in [0.15, 0.2) is 80.1 Å². The van der Waals surface area contributed by atoms with Crippen molar-refractivity contribution in [3.63, 3.8) is 0 Å². The minimum atomic E-state index is -0.723. The highest BCUT2D eigenvalue weighted by atomic mass is 32.1. The molecule has 1 aliphatic heterocycles. The standard InChI is InChI=1S/C33H32N2O7S/c1-7-40-32(38)28-20(5)34-33-35(29(28)21-8-11-23(39-6)12-9-21)30(36)27(43-33)17-24-13-15-26(42-24)25-14-10-22(16-19(25)4)31(37)41-18(2)3/h8-18,29H,7H2,1-6H3/b27-17+/t29-/m1/s1. The highest BCUT2D eigenvalue weighted by molar-refractivity contribution is 7.07. The van der Waals surface area contributed by atoms with Gasteiger partial charge in [-0.05, 0) is 82.1 Å². The van der Waals surface area contributed by atoms with Gasteiger partial charge in [-0.1, -0.05) is 29.5 Å². The summed E-state index contributed by atoms with van der Waals surface area (Å²) in [7, 11) is 1.58. The molecule has 2 aromatic heterocycles. The molecule has 0 unspecified atom stereocenters. The van der Waals surface area contributed by atoms with Crippen molar-refractivity contribution < 1.29 is 28.2 Å². The average molecular weight is 601 g/mol. The Morgan fingerprint density at radius 1 is 1.07 bits per heavy atom. The van der Waals surface area contributed by atoms with Gasteiger partial charge >= 0.3 is 11.9 Å². The van der Waals surface area contributed by atoms with Crippen LogP contribution in [0.2, 0.25) is 0 Å². The fraction of sp³-hybridized carbons (Fsp3) is 0.273. The minimum Gasteiger partial charge on any atom is -0.497 e. The molecule has 0 radical (unpaired) electrons. The van der Waals surface area contributed by atoms with Crippen LogP contribution in [0.3, 0.4) is 0 Å². The maximum Gasteiger partial charge on any atom is 0.338 e. The lowest BCUT2D eigenvalue weighted by Gasteiger charge is -2.24. The molecule has 9 nitrogen and oxygen atoms in total. The number of esters is 2. The number of fused-ring (bicyclic) bond motifs is 1. The molecule has 0 amide bonds. The van der Waals surface area contributed by atoms with Gasteiger partial charge < -0.3 is 18.6 Å². The molecule has 43 heavy (non-hydrogen) atoms. The maximum absolute atomic E-state index is 13.9. The second-order valence-electron chi connectivity index (χ2n) is 10.3. The summed E-state index contributed by atoms with van der Waals surface area (Å²) in [6.07, 6.45) is 1.46. The third-order valence-corrected chi connectivity index (χ3v) is 7.90. The lowest BCUT2D eigenvalue weighted by atomic mass is 9.96. The third-order valence-electron chi connectivity index (χ3n) is 6.92. The van der Waals surface area contributed by atoms with Crippen molar-refractivity contribution in [1.29, 1.82) is 0 Å². The van der Waals surface area contributed by atoms with Gasteiger partial charge in [0.15, 0.2) is 4.80 Å². The van der Waals surface area contributed by atoms with Gasteiger partial charge in [-0.3, -0.25) is 9.36 Å². The van der Waals surface area contributed by atoms with Crippen molar-refractivity contribution >= 4 is 29.4 Å². The zero-order valence-electron chi connectivity index (χ0n) is 24.8. The van der Waals surface area contributed by atoms with Gasteiger partial charge in [-0.2, -0.15) is 0 Å². The van der Waals surface area contributed by atoms with Crippen LogP contribution < -0.4 is 19.6 Å². The van der Waals surface area contributed by atoms with Crippen molar-refractivity contribution in [3.8, 4) is 17.1 Å². The zero-order chi connectivity index (χ0) is 30.8. The molecule has 4 aromatic rings. The second kappa shape index (κ2) is 12.3. The predicted octanol–water partition coefficient (Wildman–Crippen LogP) is 4.94. The molecule has 3 heterocycles. The number of aromatic nitrogens is 1. The normalized spacial score (nSPS) is 14.9. The minimum absolute atomic E-state index is 0.195. The summed E-state index contributed by atoms with van der Waals surface area (Å²) >= 11 is 1.22. The Labute approximate surface area is 252 Å². The van der Waals surface area contributed by atoms with Crippen LogP contribution >= 0.6 is 11.3 Å². The van der Waals surface area contributed by atoms with E-state index in [9.17, 15) is 14.4 Å². The highest BCUT2D eigenvalue weighted by Crippen LogP contribution is 2.32. The molecule has 0 saturated heterocycles. The number of carbonyl (C=O) groups excluding carboxylic acids is 2. The van der Waals surface area contributed by atoms with Crippen LogP contribution in [0, 0.1) is 6.92 Å². The first-order valence-corrected chi connectivity index (χ1v) is 14.7. The summed E-state index contributed by atoms with van der Waals surface area (Å²) in [6.45, 7) is 9.18. The molecule has 2 aromatic carbocycles. The van der Waals surface area contributed by atoms with Gasteiger partial charge in [-0.15, -0.1) is 0 Å². The summed E-state index contributed by atoms with van der Waals surface area (Å²) in [5.74, 6) is 0.827. The predicted molar refractivity (Wildman–Crippen MR) is 163 cm³/mol. The number of furan rings is 1. The molecule has 1 aliphatic rings. The number of benzene rings is 2. The molecule has 0 N–H and O–H groups in total. The summed E-state index contributed by atoms with van der Waals surface area (Å²) in [4.78, 5) is 44.3. The Morgan fingerprint density at radius 3 is 2.47 bits per heavy atom.